The van der Waals surface area contributed by atoms with Crippen LogP contribution in [-0.4, -0.2) is 10.9 Å². The number of carbonyl (C=O) groups is 1. The third-order valence-electron chi connectivity index (χ3n) is 4.18. The Hall–Kier alpha value is -2.66. The summed E-state index contributed by atoms with van der Waals surface area (Å²) in [4.78, 5) is 16.7. The number of hydrogen-bond acceptors (Lipinski definition) is 4. The first kappa shape index (κ1) is 18.1. The Morgan fingerprint density at radius 2 is 1.88 bits per heavy atom. The average Bonchev–Trinajstić information content (AvgIpc) is 3.19. The number of nitrogens with one attached hydrogen (secondary N) is 1. The number of hydrogen-bond donors (Lipinski definition) is 1. The van der Waals surface area contributed by atoms with E-state index in [2.05, 4.69) is 48.4 Å². The molecule has 3 aromatic rings. The van der Waals surface area contributed by atoms with Crippen LogP contribution >= 0.6 is 11.3 Å². The summed E-state index contributed by atoms with van der Waals surface area (Å²) < 4.78 is 5.68. The van der Waals surface area contributed by atoms with Gasteiger partial charge in [-0.15, -0.1) is 11.3 Å². The lowest BCUT2D eigenvalue weighted by Crippen LogP contribution is -2.28. The van der Waals surface area contributed by atoms with E-state index in [-0.39, 0.29) is 11.9 Å². The normalized spacial score (nSPS) is 11.8. The van der Waals surface area contributed by atoms with Crippen LogP contribution in [0.3, 0.4) is 0 Å². The van der Waals surface area contributed by atoms with E-state index in [4.69, 9.17) is 4.74 Å². The molecular formula is C21H22N2O2S. The van der Waals surface area contributed by atoms with Crippen molar-refractivity contribution in [2.75, 3.05) is 0 Å². The quantitative estimate of drug-likeness (QED) is 0.646. The van der Waals surface area contributed by atoms with Crippen molar-refractivity contribution in [3.8, 4) is 5.75 Å². The first-order chi connectivity index (χ1) is 12.7. The highest BCUT2D eigenvalue weighted by Crippen LogP contribution is 2.19. The highest BCUT2D eigenvalue weighted by atomic mass is 32.1. The van der Waals surface area contributed by atoms with E-state index in [0.29, 0.717) is 12.2 Å². The Kier molecular flexibility index (Phi) is 6.02. The molecule has 3 rings (SSSR count). The van der Waals surface area contributed by atoms with Gasteiger partial charge in [0.1, 0.15) is 12.4 Å². The molecular weight excluding hydrogens is 344 g/mol. The molecule has 26 heavy (non-hydrogen) atoms. The monoisotopic (exact) mass is 366 g/mol. The molecule has 0 fully saturated rings. The Labute approximate surface area is 157 Å². The molecule has 1 amide bonds. The van der Waals surface area contributed by atoms with E-state index in [9.17, 15) is 4.79 Å². The maximum atomic E-state index is 12.5. The highest BCUT2D eigenvalue weighted by molar-refractivity contribution is 7.07. The molecule has 0 bridgehead atoms. The molecule has 4 nitrogen and oxygen atoms in total. The van der Waals surface area contributed by atoms with E-state index < -0.39 is 0 Å². The summed E-state index contributed by atoms with van der Waals surface area (Å²) in [6.45, 7) is 4.56. The van der Waals surface area contributed by atoms with Crippen molar-refractivity contribution in [2.45, 2.75) is 32.9 Å². The lowest BCUT2D eigenvalue weighted by atomic mass is 10.0. The first-order valence-electron chi connectivity index (χ1n) is 8.63. The minimum atomic E-state index is -0.0801. The highest BCUT2D eigenvalue weighted by Gasteiger charge is 2.14. The molecule has 5 heteroatoms. The number of aromatic nitrogens is 1. The van der Waals surface area contributed by atoms with Crippen LogP contribution in [0.5, 0.6) is 5.75 Å². The molecule has 0 aliphatic rings. The van der Waals surface area contributed by atoms with Gasteiger partial charge >= 0.3 is 0 Å². The Balaban J connectivity index is 1.60. The second-order valence-corrected chi connectivity index (χ2v) is 6.86. The Morgan fingerprint density at radius 1 is 1.15 bits per heavy atom. The molecule has 0 unspecified atom stereocenters. The second-order valence-electron chi connectivity index (χ2n) is 6.14. The number of thiazole rings is 1. The Morgan fingerprint density at radius 3 is 2.50 bits per heavy atom. The molecule has 1 atom stereocenters. The molecule has 2 aromatic carbocycles. The van der Waals surface area contributed by atoms with Crippen molar-refractivity contribution in [1.29, 1.82) is 0 Å². The van der Waals surface area contributed by atoms with E-state index in [1.807, 2.05) is 17.5 Å². The van der Waals surface area contributed by atoms with E-state index in [1.54, 1.807) is 29.0 Å². The lowest BCUT2D eigenvalue weighted by molar-refractivity contribution is 0.0935. The summed E-state index contributed by atoms with van der Waals surface area (Å²) in [6.07, 6.45) is 0.837. The van der Waals surface area contributed by atoms with Gasteiger partial charge in [-0.05, 0) is 43.2 Å². The molecule has 0 radical (unpaired) electrons. The van der Waals surface area contributed by atoms with Gasteiger partial charge in [-0.25, -0.2) is 4.98 Å². The van der Waals surface area contributed by atoms with Gasteiger partial charge in [0.05, 0.1) is 17.2 Å². The first-order valence-corrected chi connectivity index (χ1v) is 9.57. The number of benzene rings is 2. The zero-order valence-corrected chi connectivity index (χ0v) is 15.8. The van der Waals surface area contributed by atoms with Crippen molar-refractivity contribution >= 4 is 17.2 Å². The standard InChI is InChI=1S/C21H22N2O2S/c1-3-20(16-6-4-15(2)5-7-16)23-21(24)17-8-10-19(11-9-17)25-12-18-13-26-14-22-18/h4-11,13-14,20H,3,12H2,1-2H3,(H,23,24)/t20-/m1/s1. The molecule has 0 saturated heterocycles. The molecule has 0 aliphatic heterocycles. The van der Waals surface area contributed by atoms with E-state index >= 15 is 0 Å². The number of amides is 1. The summed E-state index contributed by atoms with van der Waals surface area (Å²) in [5.41, 5.74) is 5.64. The molecule has 1 aromatic heterocycles. The summed E-state index contributed by atoms with van der Waals surface area (Å²) in [5.74, 6) is 0.642. The summed E-state index contributed by atoms with van der Waals surface area (Å²) in [7, 11) is 0. The lowest BCUT2D eigenvalue weighted by Gasteiger charge is -2.18. The number of rotatable bonds is 7. The maximum absolute atomic E-state index is 12.5. The molecule has 1 heterocycles. The number of aryl methyl sites for hydroxylation is 1. The van der Waals surface area contributed by atoms with Gasteiger partial charge in [-0.2, -0.15) is 0 Å². The van der Waals surface area contributed by atoms with Gasteiger partial charge in [0.2, 0.25) is 0 Å². The minimum absolute atomic E-state index is 0.00342. The molecule has 0 spiro atoms. The molecule has 1 N–H and O–H groups in total. The van der Waals surface area contributed by atoms with E-state index in [1.165, 1.54) is 5.56 Å². The zero-order chi connectivity index (χ0) is 18.4. The van der Waals surface area contributed by atoms with Crippen LogP contribution in [0.2, 0.25) is 0 Å². The Bertz CT molecular complexity index is 827. The second kappa shape index (κ2) is 8.63. The van der Waals surface area contributed by atoms with Crippen LogP contribution in [0.4, 0.5) is 0 Å². The van der Waals surface area contributed by atoms with Crippen molar-refractivity contribution < 1.29 is 9.53 Å². The van der Waals surface area contributed by atoms with E-state index in [0.717, 1.165) is 23.4 Å². The fraction of sp³-hybridized carbons (Fsp3) is 0.238. The van der Waals surface area contributed by atoms with Gasteiger partial charge in [0, 0.05) is 10.9 Å². The van der Waals surface area contributed by atoms with Crippen LogP contribution < -0.4 is 10.1 Å². The zero-order valence-electron chi connectivity index (χ0n) is 14.9. The van der Waals surface area contributed by atoms with Crippen LogP contribution in [0, 0.1) is 6.92 Å². The third-order valence-corrected chi connectivity index (χ3v) is 4.82. The van der Waals surface area contributed by atoms with Crippen molar-refractivity contribution in [3.63, 3.8) is 0 Å². The molecule has 134 valence electrons. The van der Waals surface area contributed by atoms with Gasteiger partial charge in [0.15, 0.2) is 0 Å². The summed E-state index contributed by atoms with van der Waals surface area (Å²) in [5, 5.41) is 5.06. The van der Waals surface area contributed by atoms with Crippen molar-refractivity contribution in [3.05, 3.63) is 81.8 Å². The summed E-state index contributed by atoms with van der Waals surface area (Å²) in [6, 6.07) is 15.5. The number of ether oxygens (including phenoxy) is 1. The average molecular weight is 366 g/mol. The summed E-state index contributed by atoms with van der Waals surface area (Å²) >= 11 is 1.54. The number of nitrogens with zero attached hydrogens (tertiary/aromatic N) is 1. The van der Waals surface area contributed by atoms with Crippen LogP contribution in [0.15, 0.2) is 59.4 Å². The fourth-order valence-corrected chi connectivity index (χ4v) is 3.17. The van der Waals surface area contributed by atoms with Crippen molar-refractivity contribution in [1.82, 2.24) is 10.3 Å². The predicted octanol–water partition coefficient (Wildman–Crippen LogP) is 4.91. The SMILES string of the molecule is CC[C@@H](NC(=O)c1ccc(OCc2cscn2)cc1)c1ccc(C)cc1. The van der Waals surface area contributed by atoms with Gasteiger partial charge in [-0.1, -0.05) is 36.8 Å². The largest absolute Gasteiger partial charge is 0.487 e. The smallest absolute Gasteiger partial charge is 0.251 e. The topological polar surface area (TPSA) is 51.2 Å². The number of carbonyl (C=O) groups excluding carboxylic acids is 1. The van der Waals surface area contributed by atoms with Crippen LogP contribution in [0.25, 0.3) is 0 Å². The maximum Gasteiger partial charge on any atom is 0.251 e. The van der Waals surface area contributed by atoms with Crippen molar-refractivity contribution in [2.24, 2.45) is 0 Å². The van der Waals surface area contributed by atoms with Crippen LogP contribution in [-0.2, 0) is 6.61 Å². The minimum Gasteiger partial charge on any atom is -0.487 e. The molecule has 0 saturated carbocycles. The van der Waals surface area contributed by atoms with Gasteiger partial charge in [-0.3, -0.25) is 4.79 Å². The third kappa shape index (κ3) is 4.70. The van der Waals surface area contributed by atoms with Gasteiger partial charge < -0.3 is 10.1 Å². The fourth-order valence-electron chi connectivity index (χ4n) is 2.63. The molecule has 0 aliphatic carbocycles. The predicted molar refractivity (Wildman–Crippen MR) is 105 cm³/mol. The van der Waals surface area contributed by atoms with Crippen LogP contribution in [0.1, 0.15) is 46.6 Å². The van der Waals surface area contributed by atoms with Gasteiger partial charge in [0.25, 0.3) is 5.91 Å².